The first-order valence-corrected chi connectivity index (χ1v) is 19.2. The van der Waals surface area contributed by atoms with Gasteiger partial charge in [0.15, 0.2) is 8.07 Å². The van der Waals surface area contributed by atoms with Crippen molar-refractivity contribution in [3.05, 3.63) is 173 Å². The zero-order chi connectivity index (χ0) is 30.6. The van der Waals surface area contributed by atoms with Crippen molar-refractivity contribution in [2.45, 2.75) is 25.8 Å². The average molecular weight is 631 g/mol. The van der Waals surface area contributed by atoms with E-state index in [1.54, 1.807) is 10.4 Å². The van der Waals surface area contributed by atoms with E-state index in [9.17, 15) is 0 Å². The summed E-state index contributed by atoms with van der Waals surface area (Å²) in [5.41, 5.74) is 5.37. The number of thiophene rings is 2. The quantitative estimate of drug-likeness (QED) is 0.166. The summed E-state index contributed by atoms with van der Waals surface area (Å²) in [4.78, 5) is 2.79. The zero-order valence-electron chi connectivity index (χ0n) is 25.8. The second-order valence-electron chi connectivity index (χ2n) is 12.9. The molecular formula is C42H34S2Si. The highest BCUT2D eigenvalue weighted by atomic mass is 32.1. The van der Waals surface area contributed by atoms with Crippen LogP contribution in [-0.4, -0.2) is 8.07 Å². The van der Waals surface area contributed by atoms with E-state index in [2.05, 4.69) is 172 Å². The minimum Gasteiger partial charge on any atom is -0.136 e. The largest absolute Gasteiger partial charge is 0.158 e. The van der Waals surface area contributed by atoms with E-state index in [4.69, 9.17) is 0 Å². The van der Waals surface area contributed by atoms with Crippen LogP contribution in [0.2, 0.25) is 5.04 Å². The molecular weight excluding hydrogens is 597 g/mol. The van der Waals surface area contributed by atoms with Gasteiger partial charge in [-0.25, -0.2) is 0 Å². The fraction of sp³-hybridized carbons (Fsp3) is 0.0952. The van der Waals surface area contributed by atoms with Crippen molar-refractivity contribution < 1.29 is 0 Å². The molecule has 0 nitrogen and oxygen atoms in total. The molecule has 0 saturated carbocycles. The Morgan fingerprint density at radius 3 is 1.22 bits per heavy atom. The van der Waals surface area contributed by atoms with E-state index in [-0.39, 0.29) is 5.04 Å². The first-order chi connectivity index (χ1) is 22.0. The number of allylic oxidation sites excluding steroid dienone is 2. The van der Waals surface area contributed by atoms with Crippen LogP contribution in [0.5, 0.6) is 0 Å². The van der Waals surface area contributed by atoms with Crippen LogP contribution in [-0.2, 0) is 0 Å². The summed E-state index contributed by atoms with van der Waals surface area (Å²) >= 11 is 3.92. The summed E-state index contributed by atoms with van der Waals surface area (Å²) in [5.74, 6) is 0. The smallest absolute Gasteiger partial charge is 0.136 e. The van der Waals surface area contributed by atoms with Crippen LogP contribution < -0.4 is 5.19 Å². The molecule has 0 radical (unpaired) electrons. The van der Waals surface area contributed by atoms with E-state index >= 15 is 0 Å². The Morgan fingerprint density at radius 1 is 0.444 bits per heavy atom. The van der Waals surface area contributed by atoms with Gasteiger partial charge in [-0.2, -0.15) is 0 Å². The fourth-order valence-corrected chi connectivity index (χ4v) is 16.8. The van der Waals surface area contributed by atoms with Gasteiger partial charge in [0.25, 0.3) is 0 Å². The molecule has 1 aliphatic heterocycles. The maximum atomic E-state index is 2.50. The van der Waals surface area contributed by atoms with Gasteiger partial charge in [0.2, 0.25) is 0 Å². The van der Waals surface area contributed by atoms with Crippen LogP contribution >= 0.6 is 22.7 Å². The van der Waals surface area contributed by atoms with E-state index in [0.29, 0.717) is 0 Å². The lowest BCUT2D eigenvalue weighted by Gasteiger charge is -2.45. The molecule has 0 saturated heterocycles. The van der Waals surface area contributed by atoms with Gasteiger partial charge in [0, 0.05) is 19.2 Å². The van der Waals surface area contributed by atoms with Crippen LogP contribution in [0, 0.1) is 0 Å². The number of hydrogen-bond acceptors (Lipinski definition) is 2. The molecule has 2 aromatic heterocycles. The molecule has 0 bridgehead atoms. The summed E-state index contributed by atoms with van der Waals surface area (Å²) in [6.45, 7) is 7.51. The first-order valence-electron chi connectivity index (χ1n) is 15.6. The number of hydrogen-bond donors (Lipinski definition) is 0. The molecule has 7 aromatic rings. The zero-order valence-corrected chi connectivity index (χ0v) is 28.4. The highest BCUT2D eigenvalue weighted by Crippen LogP contribution is 2.64. The molecule has 3 heteroatoms. The lowest BCUT2D eigenvalue weighted by molar-refractivity contribution is 0.741. The number of benzene rings is 5. The second-order valence-corrected chi connectivity index (χ2v) is 19.6. The summed E-state index contributed by atoms with van der Waals surface area (Å²) in [6, 6.07) is 56.7. The maximum absolute atomic E-state index is 2.79. The summed E-state index contributed by atoms with van der Waals surface area (Å²) < 4.78 is 2.68. The molecule has 3 heterocycles. The summed E-state index contributed by atoms with van der Waals surface area (Å²) in [7, 11) is -2.79. The van der Waals surface area contributed by atoms with E-state index in [1.165, 1.54) is 57.4 Å². The number of fused-ring (bicyclic) bond motifs is 2. The lowest BCUT2D eigenvalue weighted by atomic mass is 9.91. The van der Waals surface area contributed by atoms with Crippen molar-refractivity contribution >= 4 is 77.6 Å². The molecule has 0 unspecified atom stereocenters. The third kappa shape index (κ3) is 4.45. The Morgan fingerprint density at radius 2 is 0.822 bits per heavy atom. The SMILES string of the molecule is CC(C)(C)[Si]1(c2ccccc2)C(c2cc3ccccc3s2)=C(c2ccccc2)C(c2ccccc2)=C1c1cc2ccccc2s1. The minimum atomic E-state index is -2.79. The van der Waals surface area contributed by atoms with Crippen LogP contribution in [0.1, 0.15) is 41.7 Å². The monoisotopic (exact) mass is 630 g/mol. The van der Waals surface area contributed by atoms with Crippen LogP contribution in [0.3, 0.4) is 0 Å². The molecule has 5 aromatic carbocycles. The Labute approximate surface area is 274 Å². The topological polar surface area (TPSA) is 0 Å². The Kier molecular flexibility index (Phi) is 6.87. The Balaban J connectivity index is 1.63. The Bertz CT molecular complexity index is 2030. The molecule has 45 heavy (non-hydrogen) atoms. The molecule has 218 valence electrons. The van der Waals surface area contributed by atoms with Crippen LogP contribution in [0.4, 0.5) is 0 Å². The molecule has 0 spiro atoms. The molecule has 0 aliphatic carbocycles. The highest BCUT2D eigenvalue weighted by molar-refractivity contribution is 7.32. The van der Waals surface area contributed by atoms with E-state index in [0.717, 1.165) is 0 Å². The lowest BCUT2D eigenvalue weighted by Crippen LogP contribution is -2.56. The Hall–Kier alpha value is -4.28. The molecule has 1 aliphatic rings. The van der Waals surface area contributed by atoms with Gasteiger partial charge in [0.1, 0.15) is 0 Å². The van der Waals surface area contributed by atoms with Crippen molar-refractivity contribution in [3.63, 3.8) is 0 Å². The van der Waals surface area contributed by atoms with Crippen molar-refractivity contribution in [1.29, 1.82) is 0 Å². The third-order valence-electron chi connectivity index (χ3n) is 9.30. The van der Waals surface area contributed by atoms with Gasteiger partial charge in [-0.15, -0.1) is 22.7 Å². The van der Waals surface area contributed by atoms with Gasteiger partial charge >= 0.3 is 0 Å². The molecule has 0 fully saturated rings. The molecule has 0 amide bonds. The summed E-state index contributed by atoms with van der Waals surface area (Å²) in [5, 5.41) is 7.14. The van der Waals surface area contributed by atoms with Gasteiger partial charge in [-0.05, 0) is 77.9 Å². The molecule has 0 atom stereocenters. The molecule has 0 N–H and O–H groups in total. The number of rotatable bonds is 5. The summed E-state index contributed by atoms with van der Waals surface area (Å²) in [6.07, 6.45) is 0. The van der Waals surface area contributed by atoms with Gasteiger partial charge in [-0.3, -0.25) is 0 Å². The minimum absolute atomic E-state index is 0.0536. The molecule has 8 rings (SSSR count). The van der Waals surface area contributed by atoms with Crippen molar-refractivity contribution in [3.8, 4) is 0 Å². The highest BCUT2D eigenvalue weighted by Gasteiger charge is 2.59. The van der Waals surface area contributed by atoms with Crippen LogP contribution in [0.25, 0.3) is 41.7 Å². The van der Waals surface area contributed by atoms with E-state index < -0.39 is 8.07 Å². The van der Waals surface area contributed by atoms with E-state index in [1.807, 2.05) is 22.7 Å². The normalized spacial score (nSPS) is 15.0. The third-order valence-corrected chi connectivity index (χ3v) is 17.9. The standard InChI is InChI=1S/C42H34S2Si/c1-42(2,3)45(33-23-11-6-12-24-33)40(36-27-31-21-13-15-25-34(31)43-36)38(29-17-7-4-8-18-29)39(30-19-9-5-10-20-30)41(45)37-28-32-22-14-16-26-35(32)44-37/h4-28H,1-3H3. The predicted octanol–water partition coefficient (Wildman–Crippen LogP) is 11.9. The van der Waals surface area contributed by atoms with Crippen LogP contribution in [0.15, 0.2) is 152 Å². The fourth-order valence-electron chi connectivity index (χ4n) is 7.52. The van der Waals surface area contributed by atoms with Crippen molar-refractivity contribution in [2.75, 3.05) is 0 Å². The van der Waals surface area contributed by atoms with Crippen molar-refractivity contribution in [2.24, 2.45) is 0 Å². The average Bonchev–Trinajstić information content (AvgIpc) is 3.78. The van der Waals surface area contributed by atoms with Gasteiger partial charge < -0.3 is 0 Å². The maximum Gasteiger partial charge on any atom is 0.158 e. The first kappa shape index (κ1) is 28.2. The predicted molar refractivity (Wildman–Crippen MR) is 202 cm³/mol. The van der Waals surface area contributed by atoms with Crippen molar-refractivity contribution in [1.82, 2.24) is 0 Å². The van der Waals surface area contributed by atoms with Gasteiger partial charge in [-0.1, -0.05) is 148 Å². The second kappa shape index (κ2) is 11.0. The van der Waals surface area contributed by atoms with Gasteiger partial charge in [0.05, 0.1) is 0 Å².